The van der Waals surface area contributed by atoms with Crippen molar-refractivity contribution in [2.24, 2.45) is 5.84 Å². The molecular formula is C7H16N2O. The van der Waals surface area contributed by atoms with Crippen LogP contribution in [0.1, 0.15) is 33.6 Å². The molecule has 0 aromatic heterocycles. The zero-order valence-electron chi connectivity index (χ0n) is 6.92. The summed E-state index contributed by atoms with van der Waals surface area (Å²) in [5, 5.41) is 1.28. The van der Waals surface area contributed by atoms with Crippen molar-refractivity contribution in [2.75, 3.05) is 0 Å². The fourth-order valence-corrected chi connectivity index (χ4v) is 0.631. The Morgan fingerprint density at radius 2 is 2.10 bits per heavy atom. The van der Waals surface area contributed by atoms with Gasteiger partial charge >= 0.3 is 0 Å². The van der Waals surface area contributed by atoms with E-state index in [2.05, 4.69) is 0 Å². The number of hydrazine groups is 1. The van der Waals surface area contributed by atoms with Crippen molar-refractivity contribution in [2.45, 2.75) is 39.7 Å². The monoisotopic (exact) mass is 144 g/mol. The maximum absolute atomic E-state index is 11.0. The van der Waals surface area contributed by atoms with Crippen molar-refractivity contribution < 1.29 is 4.79 Å². The molecule has 3 nitrogen and oxygen atoms in total. The Kier molecular flexibility index (Phi) is 4.03. The van der Waals surface area contributed by atoms with Gasteiger partial charge in [-0.2, -0.15) is 0 Å². The van der Waals surface area contributed by atoms with Gasteiger partial charge in [0, 0.05) is 12.5 Å². The number of hydrogen-bond acceptors (Lipinski definition) is 2. The van der Waals surface area contributed by atoms with Crippen molar-refractivity contribution in [3.8, 4) is 0 Å². The lowest BCUT2D eigenvalue weighted by Crippen LogP contribution is -2.42. The summed E-state index contributed by atoms with van der Waals surface area (Å²) < 4.78 is 0. The fourth-order valence-electron chi connectivity index (χ4n) is 0.631. The van der Waals surface area contributed by atoms with Gasteiger partial charge in [-0.3, -0.25) is 9.80 Å². The lowest BCUT2D eigenvalue weighted by Gasteiger charge is -2.19. The zero-order valence-corrected chi connectivity index (χ0v) is 6.92. The van der Waals surface area contributed by atoms with Gasteiger partial charge in [-0.05, 0) is 20.3 Å². The molecule has 0 radical (unpaired) electrons. The van der Waals surface area contributed by atoms with Gasteiger partial charge in [0.05, 0.1) is 0 Å². The highest BCUT2D eigenvalue weighted by Gasteiger charge is 2.10. The second-order valence-electron chi connectivity index (χ2n) is 2.64. The quantitative estimate of drug-likeness (QED) is 0.363. The van der Waals surface area contributed by atoms with Crippen molar-refractivity contribution in [3.63, 3.8) is 0 Å². The van der Waals surface area contributed by atoms with Crippen LogP contribution >= 0.6 is 0 Å². The minimum Gasteiger partial charge on any atom is -0.278 e. The predicted molar refractivity (Wildman–Crippen MR) is 41.1 cm³/mol. The molecule has 1 amide bonds. The third-order valence-corrected chi connectivity index (χ3v) is 1.31. The minimum absolute atomic E-state index is 0.0255. The van der Waals surface area contributed by atoms with Crippen LogP contribution in [0, 0.1) is 0 Å². The van der Waals surface area contributed by atoms with Crippen LogP contribution in [0.2, 0.25) is 0 Å². The molecule has 0 aromatic carbocycles. The molecule has 0 fully saturated rings. The number of carbonyl (C=O) groups excluding carboxylic acids is 1. The molecular weight excluding hydrogens is 128 g/mol. The van der Waals surface area contributed by atoms with Gasteiger partial charge in [0.25, 0.3) is 0 Å². The normalized spacial score (nSPS) is 10.1. The Bertz CT molecular complexity index is 112. The van der Waals surface area contributed by atoms with Gasteiger partial charge < -0.3 is 0 Å². The number of nitrogens with two attached hydrogens (primary N) is 1. The molecule has 3 heteroatoms. The SMILES string of the molecule is CCCC(=O)N(N)C(C)C. The Balaban J connectivity index is 3.71. The summed E-state index contributed by atoms with van der Waals surface area (Å²) in [5.41, 5.74) is 0. The molecule has 0 aliphatic rings. The highest BCUT2D eigenvalue weighted by molar-refractivity contribution is 5.75. The average molecular weight is 144 g/mol. The molecule has 0 aromatic rings. The second kappa shape index (κ2) is 4.28. The van der Waals surface area contributed by atoms with Crippen LogP contribution < -0.4 is 5.84 Å². The summed E-state index contributed by atoms with van der Waals surface area (Å²) in [5.74, 6) is 5.46. The lowest BCUT2D eigenvalue weighted by atomic mass is 10.3. The average Bonchev–Trinajstić information content (AvgIpc) is 1.87. The summed E-state index contributed by atoms with van der Waals surface area (Å²) in [6, 6.07) is 0.110. The van der Waals surface area contributed by atoms with Crippen molar-refractivity contribution in [1.82, 2.24) is 5.01 Å². The van der Waals surface area contributed by atoms with Crippen LogP contribution in [-0.2, 0) is 4.79 Å². The number of amides is 1. The minimum atomic E-state index is 0.0255. The Labute approximate surface area is 62.2 Å². The van der Waals surface area contributed by atoms with E-state index in [-0.39, 0.29) is 11.9 Å². The number of nitrogens with zero attached hydrogens (tertiary/aromatic N) is 1. The van der Waals surface area contributed by atoms with E-state index in [1.54, 1.807) is 0 Å². The van der Waals surface area contributed by atoms with Gasteiger partial charge in [0.2, 0.25) is 5.91 Å². The molecule has 0 saturated carbocycles. The van der Waals surface area contributed by atoms with E-state index in [1.807, 2.05) is 20.8 Å². The van der Waals surface area contributed by atoms with E-state index < -0.39 is 0 Å². The topological polar surface area (TPSA) is 46.3 Å². The van der Waals surface area contributed by atoms with E-state index in [1.165, 1.54) is 5.01 Å². The zero-order chi connectivity index (χ0) is 8.15. The smallest absolute Gasteiger partial charge is 0.236 e. The van der Waals surface area contributed by atoms with Crippen molar-refractivity contribution in [1.29, 1.82) is 0 Å². The van der Waals surface area contributed by atoms with Gasteiger partial charge in [-0.15, -0.1) is 0 Å². The van der Waals surface area contributed by atoms with Gasteiger partial charge in [-0.25, -0.2) is 5.84 Å². The molecule has 0 bridgehead atoms. The van der Waals surface area contributed by atoms with E-state index in [4.69, 9.17) is 5.84 Å². The summed E-state index contributed by atoms with van der Waals surface area (Å²) in [7, 11) is 0. The van der Waals surface area contributed by atoms with Gasteiger partial charge in [0.1, 0.15) is 0 Å². The maximum Gasteiger partial charge on any atom is 0.236 e. The van der Waals surface area contributed by atoms with Crippen molar-refractivity contribution in [3.05, 3.63) is 0 Å². The molecule has 0 aliphatic heterocycles. The highest BCUT2D eigenvalue weighted by Crippen LogP contribution is 1.96. The predicted octanol–water partition coefficient (Wildman–Crippen LogP) is 0.897. The van der Waals surface area contributed by atoms with Crippen LogP contribution in [0.15, 0.2) is 0 Å². The van der Waals surface area contributed by atoms with Crippen LogP contribution in [0.25, 0.3) is 0 Å². The number of rotatable bonds is 3. The van der Waals surface area contributed by atoms with Crippen LogP contribution in [0.4, 0.5) is 0 Å². The summed E-state index contributed by atoms with van der Waals surface area (Å²) in [4.78, 5) is 11.0. The molecule has 0 spiro atoms. The lowest BCUT2D eigenvalue weighted by molar-refractivity contribution is -0.133. The summed E-state index contributed by atoms with van der Waals surface area (Å²) >= 11 is 0. The van der Waals surface area contributed by atoms with Crippen LogP contribution in [-0.4, -0.2) is 17.0 Å². The maximum atomic E-state index is 11.0. The standard InChI is InChI=1S/C7H16N2O/c1-4-5-7(10)9(8)6(2)3/h6H,4-5,8H2,1-3H3. The molecule has 10 heavy (non-hydrogen) atoms. The fraction of sp³-hybridized carbons (Fsp3) is 0.857. The van der Waals surface area contributed by atoms with Gasteiger partial charge in [-0.1, -0.05) is 6.92 Å². The Morgan fingerprint density at radius 3 is 2.40 bits per heavy atom. The Morgan fingerprint density at radius 1 is 1.60 bits per heavy atom. The third kappa shape index (κ3) is 2.82. The third-order valence-electron chi connectivity index (χ3n) is 1.31. The molecule has 0 unspecified atom stereocenters. The molecule has 0 aliphatic carbocycles. The first-order valence-electron chi connectivity index (χ1n) is 3.66. The van der Waals surface area contributed by atoms with Crippen LogP contribution in [0.5, 0.6) is 0 Å². The molecule has 0 heterocycles. The molecule has 0 rings (SSSR count). The first-order valence-corrected chi connectivity index (χ1v) is 3.66. The molecule has 60 valence electrons. The number of hydrogen-bond donors (Lipinski definition) is 1. The van der Waals surface area contributed by atoms with E-state index in [9.17, 15) is 4.79 Å². The summed E-state index contributed by atoms with van der Waals surface area (Å²) in [6.07, 6.45) is 1.41. The molecule has 0 atom stereocenters. The van der Waals surface area contributed by atoms with Crippen molar-refractivity contribution >= 4 is 5.91 Å². The van der Waals surface area contributed by atoms with E-state index in [0.29, 0.717) is 6.42 Å². The van der Waals surface area contributed by atoms with E-state index >= 15 is 0 Å². The van der Waals surface area contributed by atoms with Gasteiger partial charge in [0.15, 0.2) is 0 Å². The number of carbonyl (C=O) groups is 1. The van der Waals surface area contributed by atoms with Crippen LogP contribution in [0.3, 0.4) is 0 Å². The first-order chi connectivity index (χ1) is 4.59. The highest BCUT2D eigenvalue weighted by atomic mass is 16.2. The second-order valence-corrected chi connectivity index (χ2v) is 2.64. The molecule has 2 N–H and O–H groups in total. The first kappa shape index (κ1) is 9.43. The summed E-state index contributed by atoms with van der Waals surface area (Å²) in [6.45, 7) is 5.76. The van der Waals surface area contributed by atoms with E-state index in [0.717, 1.165) is 6.42 Å². The Hall–Kier alpha value is -0.570. The molecule has 0 saturated heterocycles. The largest absolute Gasteiger partial charge is 0.278 e.